The van der Waals surface area contributed by atoms with Crippen molar-refractivity contribution in [1.29, 1.82) is 0 Å². The van der Waals surface area contributed by atoms with Gasteiger partial charge in [-0.2, -0.15) is 0 Å². The van der Waals surface area contributed by atoms with Gasteiger partial charge in [0.2, 0.25) is 0 Å². The van der Waals surface area contributed by atoms with Crippen LogP contribution >= 0.6 is 0 Å². The van der Waals surface area contributed by atoms with Crippen molar-refractivity contribution >= 4 is 5.97 Å². The number of carbonyl (C=O) groups excluding carboxylic acids is 1. The molecule has 1 aliphatic rings. The molecule has 118 valence electrons. The molecule has 0 aromatic rings. The highest BCUT2D eigenvalue weighted by Crippen LogP contribution is 2.22. The third-order valence-corrected chi connectivity index (χ3v) is 4.13. The van der Waals surface area contributed by atoms with Crippen LogP contribution in [0.5, 0.6) is 0 Å². The van der Waals surface area contributed by atoms with Gasteiger partial charge in [0.1, 0.15) is 5.54 Å². The maximum absolute atomic E-state index is 12.1. The fraction of sp³-hybridized carbons (Fsp3) is 0.933. The minimum Gasteiger partial charge on any atom is -0.468 e. The Hall–Kier alpha value is -0.650. The van der Waals surface area contributed by atoms with Gasteiger partial charge in [0.25, 0.3) is 0 Å². The summed E-state index contributed by atoms with van der Waals surface area (Å²) >= 11 is 0. The van der Waals surface area contributed by atoms with Gasteiger partial charge in [-0.25, -0.2) is 0 Å². The average molecular weight is 286 g/mol. The molecule has 4 unspecified atom stereocenters. The number of rotatable bonds is 6. The van der Waals surface area contributed by atoms with Crippen molar-refractivity contribution in [3.05, 3.63) is 0 Å². The van der Waals surface area contributed by atoms with Crippen LogP contribution in [-0.2, 0) is 14.3 Å². The van der Waals surface area contributed by atoms with E-state index in [2.05, 4.69) is 31.0 Å². The van der Waals surface area contributed by atoms with Gasteiger partial charge in [-0.1, -0.05) is 6.92 Å². The molecule has 20 heavy (non-hydrogen) atoms. The Morgan fingerprint density at radius 3 is 2.75 bits per heavy atom. The molecule has 1 fully saturated rings. The first-order chi connectivity index (χ1) is 9.34. The van der Waals surface area contributed by atoms with Gasteiger partial charge >= 0.3 is 5.97 Å². The summed E-state index contributed by atoms with van der Waals surface area (Å²) in [6, 6.07) is 0.671. The zero-order chi connectivity index (χ0) is 15.3. The van der Waals surface area contributed by atoms with E-state index in [9.17, 15) is 4.79 Å². The van der Waals surface area contributed by atoms with Crippen LogP contribution in [0.3, 0.4) is 0 Å². The molecule has 1 saturated heterocycles. The third kappa shape index (κ3) is 4.17. The second kappa shape index (κ2) is 7.38. The van der Waals surface area contributed by atoms with Crippen LogP contribution < -0.4 is 5.32 Å². The van der Waals surface area contributed by atoms with Crippen molar-refractivity contribution in [3.8, 4) is 0 Å². The van der Waals surface area contributed by atoms with Crippen LogP contribution in [0.15, 0.2) is 0 Å². The highest BCUT2D eigenvalue weighted by Gasteiger charge is 2.38. The van der Waals surface area contributed by atoms with E-state index >= 15 is 0 Å². The van der Waals surface area contributed by atoms with Crippen LogP contribution in [0.25, 0.3) is 0 Å². The fourth-order valence-corrected chi connectivity index (χ4v) is 3.09. The number of hydrogen-bond acceptors (Lipinski definition) is 5. The molecule has 0 radical (unpaired) electrons. The van der Waals surface area contributed by atoms with Crippen molar-refractivity contribution in [2.75, 3.05) is 26.8 Å². The molecular weight excluding hydrogens is 256 g/mol. The molecule has 0 spiro atoms. The lowest BCUT2D eigenvalue weighted by Crippen LogP contribution is -2.57. The molecule has 1 rings (SSSR count). The Balaban J connectivity index is 2.74. The maximum atomic E-state index is 12.1. The Kier molecular flexibility index (Phi) is 6.43. The lowest BCUT2D eigenvalue weighted by molar-refractivity contribution is -0.149. The Bertz CT molecular complexity index is 324. The summed E-state index contributed by atoms with van der Waals surface area (Å²) in [6.45, 7) is 12.8. The molecule has 5 nitrogen and oxygen atoms in total. The molecule has 0 saturated carbocycles. The summed E-state index contributed by atoms with van der Waals surface area (Å²) in [7, 11) is 1.45. The molecule has 1 N–H and O–H groups in total. The van der Waals surface area contributed by atoms with Crippen molar-refractivity contribution < 1.29 is 14.3 Å². The summed E-state index contributed by atoms with van der Waals surface area (Å²) in [4.78, 5) is 14.5. The van der Waals surface area contributed by atoms with E-state index in [-0.39, 0.29) is 12.1 Å². The SMILES string of the molecule is CCNC(C)(CC(C)N1CC(C)OCC1C)C(=O)OC. The third-order valence-electron chi connectivity index (χ3n) is 4.13. The van der Waals surface area contributed by atoms with E-state index in [1.54, 1.807) is 0 Å². The maximum Gasteiger partial charge on any atom is 0.325 e. The highest BCUT2D eigenvalue weighted by atomic mass is 16.5. The monoisotopic (exact) mass is 286 g/mol. The van der Waals surface area contributed by atoms with Crippen LogP contribution in [0.2, 0.25) is 0 Å². The molecule has 1 aliphatic heterocycles. The number of morpholine rings is 1. The molecule has 4 atom stereocenters. The van der Waals surface area contributed by atoms with Crippen LogP contribution in [-0.4, -0.2) is 61.4 Å². The summed E-state index contributed by atoms with van der Waals surface area (Å²) in [6.07, 6.45) is 0.974. The number of esters is 1. The highest BCUT2D eigenvalue weighted by molar-refractivity contribution is 5.80. The van der Waals surface area contributed by atoms with Crippen molar-refractivity contribution in [3.63, 3.8) is 0 Å². The lowest BCUT2D eigenvalue weighted by Gasteiger charge is -2.43. The number of hydrogen-bond donors (Lipinski definition) is 1. The largest absolute Gasteiger partial charge is 0.468 e. The number of likely N-dealkylation sites (N-methyl/N-ethyl adjacent to an activating group) is 1. The molecule has 0 aromatic carbocycles. The zero-order valence-corrected chi connectivity index (χ0v) is 13.7. The van der Waals surface area contributed by atoms with Crippen molar-refractivity contribution in [2.24, 2.45) is 0 Å². The fourth-order valence-electron chi connectivity index (χ4n) is 3.09. The Morgan fingerprint density at radius 2 is 2.20 bits per heavy atom. The van der Waals surface area contributed by atoms with Crippen molar-refractivity contribution in [1.82, 2.24) is 10.2 Å². The standard InChI is InChI=1S/C15H30N2O3/c1-7-16-15(5,14(18)19-6)8-11(2)17-9-13(4)20-10-12(17)3/h11-13,16H,7-10H2,1-6H3. The number of nitrogens with one attached hydrogen (secondary N) is 1. The molecule has 0 amide bonds. The van der Waals surface area contributed by atoms with E-state index in [0.29, 0.717) is 12.1 Å². The van der Waals surface area contributed by atoms with Gasteiger partial charge in [0, 0.05) is 18.6 Å². The van der Waals surface area contributed by atoms with Gasteiger partial charge in [0.15, 0.2) is 0 Å². The van der Waals surface area contributed by atoms with E-state index in [1.165, 1.54) is 7.11 Å². The van der Waals surface area contributed by atoms with Gasteiger partial charge in [-0.3, -0.25) is 9.69 Å². The lowest BCUT2D eigenvalue weighted by atomic mass is 9.91. The average Bonchev–Trinajstić information content (AvgIpc) is 2.40. The summed E-state index contributed by atoms with van der Waals surface area (Å²) in [5.74, 6) is -0.194. The van der Waals surface area contributed by atoms with E-state index in [4.69, 9.17) is 9.47 Å². The van der Waals surface area contributed by atoms with Gasteiger partial charge in [-0.05, 0) is 40.7 Å². The van der Waals surface area contributed by atoms with E-state index in [0.717, 1.165) is 26.1 Å². The number of nitrogens with zero attached hydrogens (tertiary/aromatic N) is 1. The summed E-state index contributed by atoms with van der Waals surface area (Å²) < 4.78 is 10.6. The first kappa shape index (κ1) is 17.4. The zero-order valence-electron chi connectivity index (χ0n) is 13.7. The van der Waals surface area contributed by atoms with E-state index in [1.807, 2.05) is 13.8 Å². The first-order valence-corrected chi connectivity index (χ1v) is 7.54. The second-order valence-electron chi connectivity index (χ2n) is 6.10. The minimum atomic E-state index is -0.635. The molecule has 0 aliphatic carbocycles. The topological polar surface area (TPSA) is 50.8 Å². The van der Waals surface area contributed by atoms with E-state index < -0.39 is 5.54 Å². The second-order valence-corrected chi connectivity index (χ2v) is 6.10. The quantitative estimate of drug-likeness (QED) is 0.748. The van der Waals surface area contributed by atoms with Gasteiger partial charge in [-0.15, -0.1) is 0 Å². The predicted molar refractivity (Wildman–Crippen MR) is 79.8 cm³/mol. The minimum absolute atomic E-state index is 0.194. The van der Waals surface area contributed by atoms with Crippen LogP contribution in [0.4, 0.5) is 0 Å². The normalized spacial score (nSPS) is 28.7. The molecule has 0 bridgehead atoms. The number of carbonyl (C=O) groups is 1. The van der Waals surface area contributed by atoms with Crippen molar-refractivity contribution in [2.45, 2.75) is 64.8 Å². The summed E-state index contributed by atoms with van der Waals surface area (Å²) in [5, 5.41) is 3.27. The van der Waals surface area contributed by atoms with Gasteiger partial charge < -0.3 is 14.8 Å². The first-order valence-electron chi connectivity index (χ1n) is 7.54. The van der Waals surface area contributed by atoms with Crippen LogP contribution in [0.1, 0.15) is 41.0 Å². The molecule has 5 heteroatoms. The number of methoxy groups -OCH3 is 1. The van der Waals surface area contributed by atoms with Gasteiger partial charge in [0.05, 0.1) is 19.8 Å². The number of ether oxygens (including phenoxy) is 2. The van der Waals surface area contributed by atoms with Crippen LogP contribution in [0, 0.1) is 0 Å². The Labute approximate surface area is 123 Å². The molecule has 0 aromatic heterocycles. The summed E-state index contributed by atoms with van der Waals surface area (Å²) in [5.41, 5.74) is -0.635. The smallest absolute Gasteiger partial charge is 0.325 e. The Morgan fingerprint density at radius 1 is 1.55 bits per heavy atom. The predicted octanol–water partition coefficient (Wildman–Crippen LogP) is 1.42. The molecular formula is C15H30N2O3. The molecule has 1 heterocycles.